The number of quaternary nitrogens is 1. The second kappa shape index (κ2) is 10.8. The summed E-state index contributed by atoms with van der Waals surface area (Å²) in [5.41, 5.74) is 3.74. The molecule has 29 heavy (non-hydrogen) atoms. The van der Waals surface area contributed by atoms with Gasteiger partial charge in [0.15, 0.2) is 6.54 Å². The van der Waals surface area contributed by atoms with Gasteiger partial charge < -0.3 is 16.0 Å². The fourth-order valence-corrected chi connectivity index (χ4v) is 3.40. The fourth-order valence-electron chi connectivity index (χ4n) is 3.40. The van der Waals surface area contributed by atoms with E-state index < -0.39 is 0 Å². The van der Waals surface area contributed by atoms with Crippen LogP contribution in [0.5, 0.6) is 0 Å². The molecule has 0 aliphatic rings. The number of benzene rings is 2. The number of nitrogens with two attached hydrogens (primary N) is 1. The van der Waals surface area contributed by atoms with Gasteiger partial charge in [0.2, 0.25) is 0 Å². The molecule has 0 aliphatic heterocycles. The highest BCUT2D eigenvalue weighted by Gasteiger charge is 2.21. The van der Waals surface area contributed by atoms with Gasteiger partial charge in [-0.25, -0.2) is 0 Å². The molecule has 0 bridgehead atoms. The van der Waals surface area contributed by atoms with Crippen LogP contribution in [0.2, 0.25) is 0 Å². The summed E-state index contributed by atoms with van der Waals surface area (Å²) in [6.07, 6.45) is 1.13. The Balaban J connectivity index is 2.00. The zero-order valence-corrected chi connectivity index (χ0v) is 18.2. The fraction of sp³-hybridized carbons (Fsp3) is 0.417. The van der Waals surface area contributed by atoms with Gasteiger partial charge in [0.1, 0.15) is 6.04 Å². The van der Waals surface area contributed by atoms with Gasteiger partial charge in [-0.3, -0.25) is 9.59 Å². The van der Waals surface area contributed by atoms with Crippen molar-refractivity contribution < 1.29 is 14.9 Å². The van der Waals surface area contributed by atoms with E-state index in [2.05, 4.69) is 67.9 Å². The Morgan fingerprint density at radius 2 is 1.66 bits per heavy atom. The molecule has 2 atom stereocenters. The first kappa shape index (κ1) is 22.6. The minimum Gasteiger partial charge on any atom is -0.355 e. The molecule has 0 spiro atoms. The molecule has 0 saturated carbocycles. The van der Waals surface area contributed by atoms with Crippen molar-refractivity contribution in [1.29, 1.82) is 0 Å². The number of carbonyl (C=O) groups excluding carboxylic acids is 2. The molecule has 0 aromatic heterocycles. The van der Waals surface area contributed by atoms with E-state index in [0.717, 1.165) is 6.42 Å². The smallest absolute Gasteiger partial charge is 0.279 e. The molecule has 0 heterocycles. The SMILES string of the molecule is CC[C@@H](C)c1ccc([C@@H]([NH2+]CC(=O)Nc2cccc(C(=O)NC)c2)C(C)C)cc1. The minimum atomic E-state index is -0.173. The maximum atomic E-state index is 12.5. The van der Waals surface area contributed by atoms with Crippen LogP contribution in [0.25, 0.3) is 0 Å². The van der Waals surface area contributed by atoms with Crippen LogP contribution in [0.4, 0.5) is 5.69 Å². The van der Waals surface area contributed by atoms with Gasteiger partial charge in [0, 0.05) is 29.8 Å². The van der Waals surface area contributed by atoms with Gasteiger partial charge in [-0.1, -0.05) is 58.0 Å². The monoisotopic (exact) mass is 396 g/mol. The van der Waals surface area contributed by atoms with E-state index in [-0.39, 0.29) is 17.9 Å². The number of amides is 2. The summed E-state index contributed by atoms with van der Waals surface area (Å²) in [6.45, 7) is 9.11. The van der Waals surface area contributed by atoms with Gasteiger partial charge in [0.25, 0.3) is 11.8 Å². The van der Waals surface area contributed by atoms with Crippen LogP contribution in [0.1, 0.15) is 67.6 Å². The summed E-state index contributed by atoms with van der Waals surface area (Å²) in [6, 6.07) is 16.0. The van der Waals surface area contributed by atoms with E-state index in [1.54, 1.807) is 31.3 Å². The largest absolute Gasteiger partial charge is 0.355 e. The molecule has 156 valence electrons. The second-order valence-electron chi connectivity index (χ2n) is 7.89. The van der Waals surface area contributed by atoms with Gasteiger partial charge in [-0.05, 0) is 36.1 Å². The zero-order valence-electron chi connectivity index (χ0n) is 18.2. The van der Waals surface area contributed by atoms with Crippen molar-refractivity contribution in [3.63, 3.8) is 0 Å². The van der Waals surface area contributed by atoms with Crippen LogP contribution in [-0.4, -0.2) is 25.4 Å². The van der Waals surface area contributed by atoms with Crippen LogP contribution < -0.4 is 16.0 Å². The lowest BCUT2D eigenvalue weighted by Gasteiger charge is -2.20. The van der Waals surface area contributed by atoms with Crippen LogP contribution in [0, 0.1) is 5.92 Å². The molecule has 5 nitrogen and oxygen atoms in total. The third-order valence-electron chi connectivity index (χ3n) is 5.41. The average Bonchev–Trinajstić information content (AvgIpc) is 2.73. The third-order valence-corrected chi connectivity index (χ3v) is 5.41. The van der Waals surface area contributed by atoms with E-state index in [4.69, 9.17) is 0 Å². The number of rotatable bonds is 9. The standard InChI is InChI=1S/C24H33N3O2/c1-6-17(4)18-10-12-19(13-11-18)23(16(2)3)26-15-22(28)27-21-9-7-8-20(14-21)24(29)25-5/h7-14,16-17,23,26H,6,15H2,1-5H3,(H,25,29)(H,27,28)/p+1/t17-,23+/m1/s1. The van der Waals surface area contributed by atoms with Crippen molar-refractivity contribution in [1.82, 2.24) is 5.32 Å². The molecule has 0 unspecified atom stereocenters. The van der Waals surface area contributed by atoms with Crippen molar-refractivity contribution in [2.24, 2.45) is 5.92 Å². The molecule has 0 radical (unpaired) electrons. The summed E-state index contributed by atoms with van der Waals surface area (Å²) < 4.78 is 0. The van der Waals surface area contributed by atoms with Gasteiger partial charge in [-0.2, -0.15) is 0 Å². The Kier molecular flexibility index (Phi) is 8.40. The quantitative estimate of drug-likeness (QED) is 0.607. The van der Waals surface area contributed by atoms with Gasteiger partial charge in [0.05, 0.1) is 0 Å². The first-order chi connectivity index (χ1) is 13.8. The number of nitrogens with one attached hydrogen (secondary N) is 2. The molecule has 2 rings (SSSR count). The second-order valence-corrected chi connectivity index (χ2v) is 7.89. The first-order valence-corrected chi connectivity index (χ1v) is 10.4. The predicted molar refractivity (Wildman–Crippen MR) is 118 cm³/mol. The summed E-state index contributed by atoms with van der Waals surface area (Å²) in [5, 5.41) is 7.56. The summed E-state index contributed by atoms with van der Waals surface area (Å²) in [4.78, 5) is 24.2. The van der Waals surface area contributed by atoms with E-state index in [1.807, 2.05) is 0 Å². The van der Waals surface area contributed by atoms with Gasteiger partial charge >= 0.3 is 0 Å². The molecular formula is C24H34N3O2+. The topological polar surface area (TPSA) is 74.8 Å². The Hall–Kier alpha value is -2.66. The van der Waals surface area contributed by atoms with Crippen molar-refractivity contribution in [3.05, 3.63) is 65.2 Å². The highest BCUT2D eigenvalue weighted by molar-refractivity contribution is 5.97. The van der Waals surface area contributed by atoms with Crippen molar-refractivity contribution in [3.8, 4) is 0 Å². The molecule has 5 heteroatoms. The highest BCUT2D eigenvalue weighted by atomic mass is 16.2. The molecule has 0 fully saturated rings. The lowest BCUT2D eigenvalue weighted by atomic mass is 9.92. The molecule has 2 amide bonds. The average molecular weight is 397 g/mol. The summed E-state index contributed by atoms with van der Waals surface area (Å²) in [7, 11) is 1.59. The van der Waals surface area contributed by atoms with E-state index in [0.29, 0.717) is 29.6 Å². The first-order valence-electron chi connectivity index (χ1n) is 10.4. The van der Waals surface area contributed by atoms with Gasteiger partial charge in [-0.15, -0.1) is 0 Å². The highest BCUT2D eigenvalue weighted by Crippen LogP contribution is 2.23. The molecule has 2 aromatic carbocycles. The summed E-state index contributed by atoms with van der Waals surface area (Å²) >= 11 is 0. The van der Waals surface area contributed by atoms with E-state index >= 15 is 0 Å². The Morgan fingerprint density at radius 1 is 1.00 bits per heavy atom. The van der Waals surface area contributed by atoms with Crippen LogP contribution in [0.3, 0.4) is 0 Å². The molecule has 0 saturated heterocycles. The van der Waals surface area contributed by atoms with Crippen molar-refractivity contribution >= 4 is 17.5 Å². The number of hydrogen-bond donors (Lipinski definition) is 3. The predicted octanol–water partition coefficient (Wildman–Crippen LogP) is 3.46. The van der Waals surface area contributed by atoms with Crippen LogP contribution in [-0.2, 0) is 4.79 Å². The molecular weight excluding hydrogens is 362 g/mol. The minimum absolute atomic E-state index is 0.0825. The van der Waals surface area contributed by atoms with Crippen molar-refractivity contribution in [2.75, 3.05) is 18.9 Å². The lowest BCUT2D eigenvalue weighted by molar-refractivity contribution is -0.692. The number of anilines is 1. The Labute approximate surface area is 174 Å². The maximum absolute atomic E-state index is 12.5. The normalized spacial score (nSPS) is 13.0. The van der Waals surface area contributed by atoms with E-state index in [1.165, 1.54) is 11.1 Å². The van der Waals surface area contributed by atoms with E-state index in [9.17, 15) is 9.59 Å². The lowest BCUT2D eigenvalue weighted by Crippen LogP contribution is -2.88. The molecule has 0 aliphatic carbocycles. The van der Waals surface area contributed by atoms with Crippen LogP contribution in [0.15, 0.2) is 48.5 Å². The summed E-state index contributed by atoms with van der Waals surface area (Å²) in [5.74, 6) is 0.699. The van der Waals surface area contributed by atoms with Crippen LogP contribution >= 0.6 is 0 Å². The Bertz CT molecular complexity index is 815. The zero-order chi connectivity index (χ0) is 21.4. The molecule has 4 N–H and O–H groups in total. The maximum Gasteiger partial charge on any atom is 0.279 e. The third kappa shape index (κ3) is 6.43. The Morgan fingerprint density at radius 3 is 2.24 bits per heavy atom. The number of carbonyl (C=O) groups is 2. The van der Waals surface area contributed by atoms with Crippen molar-refractivity contribution in [2.45, 2.75) is 46.1 Å². The number of hydrogen-bond acceptors (Lipinski definition) is 2. The molecule has 2 aromatic rings.